The molecule has 1 atom stereocenters. The van der Waals surface area contributed by atoms with Crippen LogP contribution in [0.25, 0.3) is 11.0 Å². The van der Waals surface area contributed by atoms with Crippen LogP contribution in [-0.2, 0) is 10.0 Å². The average Bonchev–Trinajstić information content (AvgIpc) is 2.99. The Kier molecular flexibility index (Phi) is 5.75. The van der Waals surface area contributed by atoms with E-state index in [0.29, 0.717) is 12.5 Å². The summed E-state index contributed by atoms with van der Waals surface area (Å²) in [4.78, 5) is 31.0. The zero-order valence-electron chi connectivity index (χ0n) is 12.7. The Hall–Kier alpha value is -1.75. The summed E-state index contributed by atoms with van der Waals surface area (Å²) in [6, 6.07) is 1.20. The lowest BCUT2D eigenvalue weighted by Gasteiger charge is -2.10. The minimum atomic E-state index is -3.75. The fraction of sp³-hybridized carbons (Fsp3) is 0.462. The van der Waals surface area contributed by atoms with Gasteiger partial charge in [-0.05, 0) is 37.9 Å². The van der Waals surface area contributed by atoms with Crippen molar-refractivity contribution in [3.63, 3.8) is 0 Å². The van der Waals surface area contributed by atoms with Gasteiger partial charge in [0.2, 0.25) is 10.0 Å². The highest BCUT2D eigenvalue weighted by molar-refractivity contribution is 7.89. The largest absolute Gasteiger partial charge is 0.327 e. The first-order valence-corrected chi connectivity index (χ1v) is 8.77. The van der Waals surface area contributed by atoms with Gasteiger partial charge in [-0.3, -0.25) is 14.8 Å². The van der Waals surface area contributed by atoms with Gasteiger partial charge in [0.15, 0.2) is 0 Å². The van der Waals surface area contributed by atoms with Crippen molar-refractivity contribution in [1.82, 2.24) is 25.0 Å². The van der Waals surface area contributed by atoms with E-state index in [9.17, 15) is 18.0 Å². The van der Waals surface area contributed by atoms with E-state index >= 15 is 0 Å². The molecule has 0 radical (unpaired) electrons. The van der Waals surface area contributed by atoms with Gasteiger partial charge >= 0.3 is 5.69 Å². The molecule has 24 heavy (non-hydrogen) atoms. The fourth-order valence-corrected chi connectivity index (χ4v) is 3.63. The smallest absolute Gasteiger partial charge is 0.316 e. The van der Waals surface area contributed by atoms with Crippen molar-refractivity contribution in [2.24, 2.45) is 5.92 Å². The molecule has 1 aliphatic rings. The molecule has 2 aromatic rings. The SMILES string of the molecule is Cl.O=c1[nH]c(=O)c2cc(S(=O)(=O)NCCC3CCNC3)cnc2[nH]1. The molecule has 11 heteroatoms. The molecular weight excluding hydrogens is 358 g/mol. The second-order valence-corrected chi connectivity index (χ2v) is 7.29. The van der Waals surface area contributed by atoms with Crippen LogP contribution in [0, 0.1) is 5.92 Å². The average molecular weight is 376 g/mol. The van der Waals surface area contributed by atoms with Gasteiger partial charge in [0.25, 0.3) is 5.56 Å². The van der Waals surface area contributed by atoms with E-state index in [1.165, 1.54) is 6.07 Å². The van der Waals surface area contributed by atoms with Gasteiger partial charge in [-0.1, -0.05) is 0 Å². The third-order valence-electron chi connectivity index (χ3n) is 3.88. The van der Waals surface area contributed by atoms with Crippen LogP contribution >= 0.6 is 12.4 Å². The van der Waals surface area contributed by atoms with Crippen LogP contribution in [0.15, 0.2) is 26.7 Å². The van der Waals surface area contributed by atoms with E-state index in [1.807, 2.05) is 4.98 Å². The predicted molar refractivity (Wildman–Crippen MR) is 91.0 cm³/mol. The molecule has 0 bridgehead atoms. The van der Waals surface area contributed by atoms with E-state index in [-0.39, 0.29) is 28.3 Å². The molecule has 1 unspecified atom stereocenters. The number of halogens is 1. The van der Waals surface area contributed by atoms with Gasteiger partial charge in [-0.2, -0.15) is 0 Å². The molecule has 2 aromatic heterocycles. The summed E-state index contributed by atoms with van der Waals surface area (Å²) in [5.74, 6) is 0.473. The first kappa shape index (κ1) is 18.6. The van der Waals surface area contributed by atoms with Gasteiger partial charge in [0, 0.05) is 12.7 Å². The minimum absolute atomic E-state index is 0. The van der Waals surface area contributed by atoms with E-state index < -0.39 is 21.3 Å². The second kappa shape index (κ2) is 7.43. The van der Waals surface area contributed by atoms with Gasteiger partial charge in [0.05, 0.1) is 5.39 Å². The molecule has 4 N–H and O–H groups in total. The Bertz CT molecular complexity index is 933. The lowest BCUT2D eigenvalue weighted by molar-refractivity contribution is 0.519. The maximum absolute atomic E-state index is 12.3. The molecule has 0 aliphatic carbocycles. The van der Waals surface area contributed by atoms with Crippen molar-refractivity contribution in [1.29, 1.82) is 0 Å². The van der Waals surface area contributed by atoms with Crippen LogP contribution in [0.3, 0.4) is 0 Å². The van der Waals surface area contributed by atoms with Gasteiger partial charge in [0.1, 0.15) is 10.5 Å². The van der Waals surface area contributed by atoms with Crippen LogP contribution in [-0.4, -0.2) is 43.0 Å². The number of hydrogen-bond donors (Lipinski definition) is 4. The van der Waals surface area contributed by atoms with Crippen LogP contribution in [0.5, 0.6) is 0 Å². The summed E-state index contributed by atoms with van der Waals surface area (Å²) in [6.45, 7) is 2.20. The van der Waals surface area contributed by atoms with E-state index in [2.05, 4.69) is 20.0 Å². The Morgan fingerprint density at radius 3 is 2.79 bits per heavy atom. The predicted octanol–water partition coefficient (Wildman–Crippen LogP) is -0.689. The van der Waals surface area contributed by atoms with Gasteiger partial charge in [-0.25, -0.2) is 22.9 Å². The molecule has 1 saturated heterocycles. The van der Waals surface area contributed by atoms with Crippen LogP contribution in [0.2, 0.25) is 0 Å². The van der Waals surface area contributed by atoms with Crippen molar-refractivity contribution >= 4 is 33.5 Å². The molecule has 3 heterocycles. The van der Waals surface area contributed by atoms with Crippen molar-refractivity contribution in [2.45, 2.75) is 17.7 Å². The standard InChI is InChI=1S/C13H17N5O4S.ClH/c19-12-10-5-9(7-15-11(10)17-13(20)18-12)23(21,22)16-4-2-8-1-3-14-6-8;/h5,7-8,14,16H,1-4,6H2,(H2,15,17,18,19,20);1H. The Balaban J connectivity index is 0.00000208. The maximum atomic E-state index is 12.3. The Morgan fingerprint density at radius 1 is 1.29 bits per heavy atom. The number of aromatic amines is 2. The summed E-state index contributed by atoms with van der Waals surface area (Å²) >= 11 is 0. The summed E-state index contributed by atoms with van der Waals surface area (Å²) in [5.41, 5.74) is -1.31. The highest BCUT2D eigenvalue weighted by Gasteiger charge is 2.18. The Labute approximate surface area is 143 Å². The number of nitrogens with one attached hydrogen (secondary N) is 4. The molecule has 0 aromatic carbocycles. The third kappa shape index (κ3) is 4.01. The molecule has 9 nitrogen and oxygen atoms in total. The number of aromatic nitrogens is 3. The number of rotatable bonds is 5. The number of fused-ring (bicyclic) bond motifs is 1. The zero-order valence-corrected chi connectivity index (χ0v) is 14.3. The lowest BCUT2D eigenvalue weighted by Crippen LogP contribution is -2.27. The normalized spacial score (nSPS) is 17.8. The number of hydrogen-bond acceptors (Lipinski definition) is 6. The second-order valence-electron chi connectivity index (χ2n) is 5.52. The van der Waals surface area contributed by atoms with Crippen molar-refractivity contribution < 1.29 is 8.42 Å². The lowest BCUT2D eigenvalue weighted by atomic mass is 10.1. The maximum Gasteiger partial charge on any atom is 0.327 e. The number of sulfonamides is 1. The number of H-pyrrole nitrogens is 2. The third-order valence-corrected chi connectivity index (χ3v) is 5.31. The quantitative estimate of drug-likeness (QED) is 0.546. The molecule has 0 spiro atoms. The van der Waals surface area contributed by atoms with E-state index in [0.717, 1.165) is 32.1 Å². The van der Waals surface area contributed by atoms with Crippen molar-refractivity contribution in [3.05, 3.63) is 33.1 Å². The summed E-state index contributed by atoms with van der Waals surface area (Å²) < 4.78 is 27.1. The highest BCUT2D eigenvalue weighted by Crippen LogP contribution is 2.14. The molecule has 3 rings (SSSR count). The first-order valence-electron chi connectivity index (χ1n) is 7.28. The molecule has 1 aliphatic heterocycles. The first-order chi connectivity index (χ1) is 11.0. The molecular formula is C13H18ClN5O4S. The fourth-order valence-electron chi connectivity index (χ4n) is 2.62. The topological polar surface area (TPSA) is 137 Å². The van der Waals surface area contributed by atoms with Crippen LogP contribution in [0.1, 0.15) is 12.8 Å². The summed E-state index contributed by atoms with van der Waals surface area (Å²) in [6.07, 6.45) is 2.92. The van der Waals surface area contributed by atoms with Crippen LogP contribution in [0.4, 0.5) is 0 Å². The molecule has 0 amide bonds. The molecule has 1 fully saturated rings. The van der Waals surface area contributed by atoms with Crippen molar-refractivity contribution in [2.75, 3.05) is 19.6 Å². The number of nitrogens with zero attached hydrogens (tertiary/aromatic N) is 1. The van der Waals surface area contributed by atoms with Crippen molar-refractivity contribution in [3.8, 4) is 0 Å². The van der Waals surface area contributed by atoms with Gasteiger partial charge in [-0.15, -0.1) is 12.4 Å². The van der Waals surface area contributed by atoms with E-state index in [4.69, 9.17) is 0 Å². The van der Waals surface area contributed by atoms with E-state index in [1.54, 1.807) is 0 Å². The molecule has 132 valence electrons. The van der Waals surface area contributed by atoms with Gasteiger partial charge < -0.3 is 5.32 Å². The summed E-state index contributed by atoms with van der Waals surface area (Å²) in [5, 5.41) is 3.25. The Morgan fingerprint density at radius 2 is 2.08 bits per heavy atom. The number of pyridine rings is 1. The molecule has 0 saturated carbocycles. The van der Waals surface area contributed by atoms with Crippen LogP contribution < -0.4 is 21.3 Å². The zero-order chi connectivity index (χ0) is 16.4. The monoisotopic (exact) mass is 375 g/mol. The minimum Gasteiger partial charge on any atom is -0.316 e. The highest BCUT2D eigenvalue weighted by atomic mass is 35.5. The summed E-state index contributed by atoms with van der Waals surface area (Å²) in [7, 11) is -3.75.